The molecule has 0 atom stereocenters. The van der Waals surface area contributed by atoms with Gasteiger partial charge in [-0.3, -0.25) is 0 Å². The molecule has 0 aromatic rings. The summed E-state index contributed by atoms with van der Waals surface area (Å²) in [5, 5.41) is 13.9. The van der Waals surface area contributed by atoms with Crippen molar-refractivity contribution in [2.45, 2.75) is 6.29 Å². The molecule has 2 N–H and O–H groups in total. The molecular weight excluding hydrogens is 98.0 g/mol. The molecule has 0 aliphatic heterocycles. The first kappa shape index (κ1) is 5.74. The van der Waals surface area contributed by atoms with Gasteiger partial charge < -0.3 is 5.11 Å². The summed E-state index contributed by atoms with van der Waals surface area (Å²) in [6, 6.07) is 0. The molecule has 0 aromatic carbocycles. The maximum Gasteiger partial charge on any atom is 0.509 e. The van der Waals surface area contributed by atoms with Crippen LogP contribution < -0.4 is 0 Å². The maximum atomic E-state index is 10.5. The Morgan fingerprint density at radius 1 is 1.50 bits per heavy atom. The summed E-state index contributed by atoms with van der Waals surface area (Å²) in [5.74, 6) is 0. The second kappa shape index (κ2) is 1.46. The van der Waals surface area contributed by atoms with E-state index in [-0.39, 0.29) is 0 Å². The Balaban J connectivity index is 3.17. The van der Waals surface area contributed by atoms with Crippen LogP contribution in [0.5, 0.6) is 0 Å². The van der Waals surface area contributed by atoms with E-state index in [1.54, 1.807) is 0 Å². The molecule has 0 fully saturated rings. The zero-order valence-corrected chi connectivity index (χ0v) is 2.56. The molecule has 38 valence electrons. The predicted octanol–water partition coefficient (Wildman–Crippen LogP) is 0.0186. The minimum absolute atomic E-state index is 2.16. The Morgan fingerprint density at radius 2 is 1.67 bits per heavy atom. The lowest BCUT2D eigenvalue weighted by Crippen LogP contribution is -2.16. The van der Waals surface area contributed by atoms with Crippen molar-refractivity contribution < 1.29 is 24.0 Å². The van der Waals surface area contributed by atoms with Crippen LogP contribution in [0.3, 0.4) is 0 Å². The van der Waals surface area contributed by atoms with E-state index in [9.17, 15) is 8.78 Å². The smallest absolute Gasteiger partial charge is 0.310 e. The van der Waals surface area contributed by atoms with Crippen molar-refractivity contribution in [1.82, 2.24) is 0 Å². The van der Waals surface area contributed by atoms with Gasteiger partial charge in [0.1, 0.15) is 0 Å². The molecule has 0 heterocycles. The Labute approximate surface area is 31.7 Å². The minimum atomic E-state index is -4.40. The first-order chi connectivity index (χ1) is 2.56. The Morgan fingerprint density at radius 3 is 1.67 bits per heavy atom. The summed E-state index contributed by atoms with van der Waals surface area (Å²) in [5.41, 5.74) is 0. The van der Waals surface area contributed by atoms with Gasteiger partial charge in [0.05, 0.1) is 0 Å². The van der Waals surface area contributed by atoms with Crippen LogP contribution >= 0.6 is 0 Å². The van der Waals surface area contributed by atoms with Gasteiger partial charge in [-0.2, -0.15) is 0 Å². The molecule has 0 radical (unpaired) electrons. The molecule has 0 saturated heterocycles. The Hall–Kier alpha value is -0.260. The van der Waals surface area contributed by atoms with E-state index >= 15 is 0 Å². The van der Waals surface area contributed by atoms with Crippen LogP contribution in [0.15, 0.2) is 0 Å². The van der Waals surface area contributed by atoms with Crippen LogP contribution in [0.2, 0.25) is 0 Å². The van der Waals surface area contributed by atoms with Crippen LogP contribution in [0.4, 0.5) is 8.78 Å². The molecule has 0 spiro atoms. The standard InChI is InChI=1S/CH2F2O3/c2-1(3,4)6-5/h4-5H. The van der Waals surface area contributed by atoms with E-state index in [0.29, 0.717) is 0 Å². The first-order valence-electron chi connectivity index (χ1n) is 0.988. The largest absolute Gasteiger partial charge is 0.509 e. The van der Waals surface area contributed by atoms with Crippen molar-refractivity contribution in [2.24, 2.45) is 0 Å². The third-order valence-corrected chi connectivity index (χ3v) is 0.110. The third kappa shape index (κ3) is 3.74. The molecule has 0 saturated carbocycles. The third-order valence-electron chi connectivity index (χ3n) is 0.110. The number of hydrogen-bond donors (Lipinski definition) is 2. The number of aliphatic hydroxyl groups is 1. The SMILES string of the molecule is OOC(O)(F)F. The van der Waals surface area contributed by atoms with E-state index in [1.807, 2.05) is 0 Å². The zero-order valence-electron chi connectivity index (χ0n) is 2.56. The molecule has 0 unspecified atom stereocenters. The summed E-state index contributed by atoms with van der Waals surface area (Å²) >= 11 is 0. The molecule has 0 aliphatic rings. The highest BCUT2D eigenvalue weighted by Crippen LogP contribution is 2.05. The molecule has 0 rings (SSSR count). The lowest BCUT2D eigenvalue weighted by molar-refractivity contribution is -0.493. The fourth-order valence-corrected chi connectivity index (χ4v) is 0. The van der Waals surface area contributed by atoms with Gasteiger partial charge in [-0.15, -0.1) is 13.7 Å². The second-order valence-electron chi connectivity index (χ2n) is 0.577. The summed E-state index contributed by atoms with van der Waals surface area (Å²) in [6.45, 7) is 0. The zero-order chi connectivity index (χ0) is 5.21. The Bertz CT molecular complexity index is 38.5. The van der Waals surface area contributed by atoms with E-state index in [4.69, 9.17) is 10.4 Å². The highest BCUT2D eigenvalue weighted by Gasteiger charge is 2.24. The molecular formula is CH2F2O3. The van der Waals surface area contributed by atoms with Gasteiger partial charge in [0.15, 0.2) is 0 Å². The molecule has 0 amide bonds. The first-order valence-corrected chi connectivity index (χ1v) is 0.988. The summed E-state index contributed by atoms with van der Waals surface area (Å²) in [6.07, 6.45) is -4.40. The topological polar surface area (TPSA) is 49.7 Å². The highest BCUT2D eigenvalue weighted by atomic mass is 19.3. The van der Waals surface area contributed by atoms with Crippen LogP contribution in [-0.4, -0.2) is 16.7 Å². The summed E-state index contributed by atoms with van der Waals surface area (Å²) < 4.78 is 21.1. The number of halogens is 2. The van der Waals surface area contributed by atoms with E-state index in [0.717, 1.165) is 0 Å². The summed E-state index contributed by atoms with van der Waals surface area (Å²) in [4.78, 5) is 2.16. The van der Waals surface area contributed by atoms with E-state index in [1.165, 1.54) is 0 Å². The second-order valence-corrected chi connectivity index (χ2v) is 0.577. The van der Waals surface area contributed by atoms with Gasteiger partial charge >= 0.3 is 6.29 Å². The van der Waals surface area contributed by atoms with Crippen molar-refractivity contribution in [3.05, 3.63) is 0 Å². The van der Waals surface area contributed by atoms with Crippen molar-refractivity contribution in [2.75, 3.05) is 0 Å². The summed E-state index contributed by atoms with van der Waals surface area (Å²) in [7, 11) is 0. The average Bonchev–Trinajstić information content (AvgIpc) is 1.35. The van der Waals surface area contributed by atoms with E-state index < -0.39 is 6.29 Å². The van der Waals surface area contributed by atoms with Gasteiger partial charge in [-0.25, -0.2) is 5.26 Å². The average molecular weight is 100 g/mol. The van der Waals surface area contributed by atoms with Crippen molar-refractivity contribution in [3.63, 3.8) is 0 Å². The molecule has 0 aromatic heterocycles. The Kier molecular flexibility index (Phi) is 1.40. The molecule has 3 nitrogen and oxygen atoms in total. The van der Waals surface area contributed by atoms with Crippen LogP contribution in [-0.2, 0) is 4.89 Å². The number of alkyl halides is 2. The lowest BCUT2D eigenvalue weighted by atomic mass is 11.3. The minimum Gasteiger partial charge on any atom is -0.310 e. The normalized spacial score (nSPS) is 12.0. The van der Waals surface area contributed by atoms with E-state index in [2.05, 4.69) is 4.89 Å². The fourth-order valence-electron chi connectivity index (χ4n) is 0. The van der Waals surface area contributed by atoms with Gasteiger partial charge in [-0.05, 0) is 0 Å². The van der Waals surface area contributed by atoms with Gasteiger partial charge in [0.2, 0.25) is 0 Å². The lowest BCUT2D eigenvalue weighted by Gasteiger charge is -1.98. The highest BCUT2D eigenvalue weighted by molar-refractivity contribution is 4.08. The molecule has 0 aliphatic carbocycles. The van der Waals surface area contributed by atoms with Gasteiger partial charge in [0, 0.05) is 0 Å². The predicted molar refractivity (Wildman–Crippen MR) is 10.9 cm³/mol. The maximum absolute atomic E-state index is 10.5. The van der Waals surface area contributed by atoms with Gasteiger partial charge in [-0.1, -0.05) is 0 Å². The van der Waals surface area contributed by atoms with Crippen LogP contribution in [0, 0.1) is 0 Å². The van der Waals surface area contributed by atoms with Crippen molar-refractivity contribution in [1.29, 1.82) is 0 Å². The quantitative estimate of drug-likeness (QED) is 0.277. The monoisotopic (exact) mass is 100.0 g/mol. The van der Waals surface area contributed by atoms with Gasteiger partial charge in [0.25, 0.3) is 0 Å². The van der Waals surface area contributed by atoms with Crippen molar-refractivity contribution >= 4 is 0 Å². The molecule has 5 heteroatoms. The van der Waals surface area contributed by atoms with Crippen LogP contribution in [0.1, 0.15) is 0 Å². The van der Waals surface area contributed by atoms with Crippen molar-refractivity contribution in [3.8, 4) is 0 Å². The molecule has 6 heavy (non-hydrogen) atoms. The van der Waals surface area contributed by atoms with Crippen LogP contribution in [0.25, 0.3) is 0 Å². The number of hydrogen-bond acceptors (Lipinski definition) is 3. The number of rotatable bonds is 1. The molecule has 0 bridgehead atoms. The fraction of sp³-hybridized carbons (Fsp3) is 1.00.